The molecule has 0 bridgehead atoms. The highest BCUT2D eigenvalue weighted by molar-refractivity contribution is 5.51. The van der Waals surface area contributed by atoms with Gasteiger partial charge in [-0.2, -0.15) is 10.5 Å². The van der Waals surface area contributed by atoms with Gasteiger partial charge in [-0.3, -0.25) is 0 Å². The average Bonchev–Trinajstić information content (AvgIpc) is 2.67. The monoisotopic (exact) mass is 286 g/mol. The molecule has 1 fully saturated rings. The van der Waals surface area contributed by atoms with Gasteiger partial charge in [-0.1, -0.05) is 54.1 Å². The molecule has 108 valence electrons. The first kappa shape index (κ1) is 14.4. The van der Waals surface area contributed by atoms with Gasteiger partial charge in [0.1, 0.15) is 0 Å². The van der Waals surface area contributed by atoms with E-state index in [9.17, 15) is 10.5 Å². The molecule has 3 rings (SSSR count). The first-order chi connectivity index (χ1) is 10.6. The fourth-order valence-electron chi connectivity index (χ4n) is 3.72. The van der Waals surface area contributed by atoms with Crippen molar-refractivity contribution in [1.82, 2.24) is 0 Å². The van der Waals surface area contributed by atoms with E-state index in [0.29, 0.717) is 0 Å². The number of nitriles is 2. The van der Waals surface area contributed by atoms with Crippen molar-refractivity contribution in [3.63, 3.8) is 0 Å². The number of hydrogen-bond donors (Lipinski definition) is 0. The summed E-state index contributed by atoms with van der Waals surface area (Å²) in [5.74, 6) is 0.0917. The molecule has 1 aromatic carbocycles. The zero-order valence-corrected chi connectivity index (χ0v) is 12.9. The molecular weight excluding hydrogens is 268 g/mol. The summed E-state index contributed by atoms with van der Waals surface area (Å²) in [4.78, 5) is 0. The van der Waals surface area contributed by atoms with Gasteiger partial charge in [0.25, 0.3) is 0 Å². The van der Waals surface area contributed by atoms with E-state index in [1.54, 1.807) is 0 Å². The first-order valence-electron chi connectivity index (χ1n) is 7.57. The van der Waals surface area contributed by atoms with Crippen LogP contribution in [0.3, 0.4) is 0 Å². The lowest BCUT2D eigenvalue weighted by atomic mass is 9.73. The molecule has 0 N–H and O–H groups in total. The summed E-state index contributed by atoms with van der Waals surface area (Å²) in [7, 11) is 0. The number of fused-ring (bicyclic) bond motifs is 1. The predicted octanol–water partition coefficient (Wildman–Crippen LogP) is 4.49. The molecule has 0 radical (unpaired) electrons. The Balaban J connectivity index is 2.20. The Morgan fingerprint density at radius 2 is 1.86 bits per heavy atom. The maximum Gasteiger partial charge on any atom is 0.172 e. The smallest absolute Gasteiger partial charge is 0.172 e. The largest absolute Gasteiger partial charge is 0.196 e. The van der Waals surface area contributed by atoms with E-state index < -0.39 is 5.41 Å². The van der Waals surface area contributed by atoms with E-state index >= 15 is 0 Å². The first-order valence-corrected chi connectivity index (χ1v) is 7.57. The third-order valence-electron chi connectivity index (χ3n) is 4.87. The maximum absolute atomic E-state index is 9.88. The Bertz CT molecular complexity index is 767. The summed E-state index contributed by atoms with van der Waals surface area (Å²) in [6.07, 6.45) is 10.8. The molecule has 2 heteroatoms. The van der Waals surface area contributed by atoms with Crippen LogP contribution in [0, 0.1) is 47.8 Å². The van der Waals surface area contributed by atoms with Crippen molar-refractivity contribution in [2.45, 2.75) is 26.2 Å². The van der Waals surface area contributed by atoms with Crippen LogP contribution in [0.2, 0.25) is 0 Å². The van der Waals surface area contributed by atoms with Crippen LogP contribution in [0.15, 0.2) is 54.2 Å². The molecule has 0 heterocycles. The van der Waals surface area contributed by atoms with Crippen LogP contribution in [-0.2, 0) is 0 Å². The van der Waals surface area contributed by atoms with Crippen LogP contribution in [0.4, 0.5) is 0 Å². The van der Waals surface area contributed by atoms with Gasteiger partial charge in [-0.05, 0) is 37.0 Å². The molecule has 2 aliphatic carbocycles. The van der Waals surface area contributed by atoms with Gasteiger partial charge < -0.3 is 0 Å². The van der Waals surface area contributed by atoms with E-state index in [-0.39, 0.29) is 11.8 Å². The minimum Gasteiger partial charge on any atom is -0.196 e. The van der Waals surface area contributed by atoms with Crippen molar-refractivity contribution in [1.29, 1.82) is 10.5 Å². The molecule has 2 aliphatic rings. The van der Waals surface area contributed by atoms with Crippen molar-refractivity contribution in [3.8, 4) is 12.1 Å². The molecule has 1 saturated carbocycles. The second-order valence-electron chi connectivity index (χ2n) is 6.18. The van der Waals surface area contributed by atoms with Crippen LogP contribution in [-0.4, -0.2) is 0 Å². The third-order valence-corrected chi connectivity index (χ3v) is 4.87. The van der Waals surface area contributed by atoms with Gasteiger partial charge >= 0.3 is 0 Å². The molecule has 0 saturated heterocycles. The van der Waals surface area contributed by atoms with Crippen LogP contribution >= 0.6 is 0 Å². The fraction of sp³-hybridized carbons (Fsp3) is 0.300. The molecule has 0 spiro atoms. The van der Waals surface area contributed by atoms with Crippen molar-refractivity contribution in [2.24, 2.45) is 11.3 Å². The minimum absolute atomic E-state index is 0.0743. The summed E-state index contributed by atoms with van der Waals surface area (Å²) in [5.41, 5.74) is 3.33. The summed E-state index contributed by atoms with van der Waals surface area (Å²) >= 11 is 0. The second kappa shape index (κ2) is 5.32. The van der Waals surface area contributed by atoms with Crippen molar-refractivity contribution in [2.75, 3.05) is 0 Å². The molecule has 22 heavy (non-hydrogen) atoms. The van der Waals surface area contributed by atoms with E-state index in [4.69, 9.17) is 0 Å². The number of allylic oxidation sites excluding steroid dienone is 6. The van der Waals surface area contributed by atoms with Gasteiger partial charge in [0.2, 0.25) is 0 Å². The molecule has 2 atom stereocenters. The zero-order chi connectivity index (χ0) is 15.7. The molecule has 2 nitrogen and oxygen atoms in total. The number of aryl methyl sites for hydroxylation is 2. The molecule has 1 aromatic rings. The number of hydrogen-bond acceptors (Lipinski definition) is 2. The van der Waals surface area contributed by atoms with Crippen molar-refractivity contribution in [3.05, 3.63) is 70.8 Å². The van der Waals surface area contributed by atoms with Crippen LogP contribution < -0.4 is 0 Å². The third kappa shape index (κ3) is 2.00. The highest BCUT2D eigenvalue weighted by Crippen LogP contribution is 2.56. The lowest BCUT2D eigenvalue weighted by Gasteiger charge is -2.24. The maximum atomic E-state index is 9.88. The molecule has 2 unspecified atom stereocenters. The zero-order valence-electron chi connectivity index (χ0n) is 12.9. The highest BCUT2D eigenvalue weighted by atomic mass is 14.5. The molecule has 0 aliphatic heterocycles. The fourth-order valence-corrected chi connectivity index (χ4v) is 3.72. The van der Waals surface area contributed by atoms with E-state index in [1.165, 1.54) is 5.56 Å². The van der Waals surface area contributed by atoms with Crippen molar-refractivity contribution >= 4 is 0 Å². The average molecular weight is 286 g/mol. The standard InChI is InChI=1S/C20H18N2/c1-14-8-9-15(2)17(10-14)19-11-16-6-4-3-5-7-18(16)20(19,12-21)13-22/h3-10,16,19H,11H2,1-2H3. The number of benzene rings is 1. The van der Waals surface area contributed by atoms with E-state index in [0.717, 1.165) is 23.1 Å². The number of nitrogens with zero attached hydrogens (tertiary/aromatic N) is 2. The minimum atomic E-state index is -1.07. The van der Waals surface area contributed by atoms with Crippen LogP contribution in [0.1, 0.15) is 29.0 Å². The Hall–Kier alpha value is -2.58. The quantitative estimate of drug-likeness (QED) is 0.763. The van der Waals surface area contributed by atoms with E-state index in [1.807, 2.05) is 24.3 Å². The Morgan fingerprint density at radius 3 is 2.59 bits per heavy atom. The lowest BCUT2D eigenvalue weighted by molar-refractivity contribution is 0.528. The van der Waals surface area contributed by atoms with Gasteiger partial charge in [-0.25, -0.2) is 0 Å². The van der Waals surface area contributed by atoms with Gasteiger partial charge in [0.15, 0.2) is 5.41 Å². The van der Waals surface area contributed by atoms with Crippen molar-refractivity contribution < 1.29 is 0 Å². The van der Waals surface area contributed by atoms with Crippen LogP contribution in [0.25, 0.3) is 0 Å². The normalized spacial score (nSPS) is 24.8. The predicted molar refractivity (Wildman–Crippen MR) is 86.8 cm³/mol. The lowest BCUT2D eigenvalue weighted by Crippen LogP contribution is -2.23. The van der Waals surface area contributed by atoms with Gasteiger partial charge in [0, 0.05) is 11.8 Å². The highest BCUT2D eigenvalue weighted by Gasteiger charge is 2.52. The van der Waals surface area contributed by atoms with E-state index in [2.05, 4.69) is 50.3 Å². The Morgan fingerprint density at radius 1 is 1.09 bits per heavy atom. The molecular formula is C20H18N2. The Labute approximate surface area is 131 Å². The van der Waals surface area contributed by atoms with Gasteiger partial charge in [-0.15, -0.1) is 0 Å². The summed E-state index contributed by atoms with van der Waals surface area (Å²) in [6.45, 7) is 4.12. The summed E-state index contributed by atoms with van der Waals surface area (Å²) in [5, 5.41) is 19.8. The van der Waals surface area contributed by atoms with Gasteiger partial charge in [0.05, 0.1) is 12.1 Å². The van der Waals surface area contributed by atoms with Crippen LogP contribution in [0.5, 0.6) is 0 Å². The second-order valence-corrected chi connectivity index (χ2v) is 6.18. The molecule has 0 amide bonds. The topological polar surface area (TPSA) is 47.6 Å². The SMILES string of the molecule is Cc1ccc(C)c(C2CC3C=CC=CC=C3C2(C#N)C#N)c1. The Kier molecular flexibility index (Phi) is 3.47. The number of rotatable bonds is 1. The molecule has 0 aromatic heterocycles. The summed E-state index contributed by atoms with van der Waals surface area (Å²) < 4.78 is 0. The summed E-state index contributed by atoms with van der Waals surface area (Å²) in [6, 6.07) is 11.0.